The smallest absolute Gasteiger partial charge is 0.161 e. The van der Waals surface area contributed by atoms with E-state index in [1.165, 1.54) is 5.57 Å². The number of rotatable bonds is 13. The van der Waals surface area contributed by atoms with Gasteiger partial charge in [-0.15, -0.1) is 5.92 Å². The second-order valence-electron chi connectivity index (χ2n) is 10.3. The Labute approximate surface area is 228 Å². The number of hydrogen-bond acceptors (Lipinski definition) is 7. The van der Waals surface area contributed by atoms with Crippen LogP contribution in [0.2, 0.25) is 0 Å². The number of benzene rings is 1. The van der Waals surface area contributed by atoms with Gasteiger partial charge in [0.25, 0.3) is 0 Å². The highest BCUT2D eigenvalue weighted by Gasteiger charge is 2.29. The predicted octanol–water partition coefficient (Wildman–Crippen LogP) is 4.16. The van der Waals surface area contributed by atoms with Crippen molar-refractivity contribution in [2.24, 2.45) is 17.6 Å². The lowest BCUT2D eigenvalue weighted by molar-refractivity contribution is -0.0515. The number of allylic oxidation sites excluding steroid dienone is 2. The molecule has 1 aliphatic heterocycles. The van der Waals surface area contributed by atoms with Gasteiger partial charge in [-0.25, -0.2) is 0 Å². The van der Waals surface area contributed by atoms with E-state index in [0.717, 1.165) is 57.1 Å². The molecule has 2 aliphatic rings. The highest BCUT2D eigenvalue weighted by atomic mass is 16.5. The summed E-state index contributed by atoms with van der Waals surface area (Å²) < 4.78 is 11.9. The molecule has 0 saturated carbocycles. The number of aryl methyl sites for hydroxylation is 1. The molecule has 0 amide bonds. The zero-order chi connectivity index (χ0) is 27.2. The zero-order valence-corrected chi connectivity index (χ0v) is 22.8. The first-order chi connectivity index (χ1) is 18.5. The van der Waals surface area contributed by atoms with Crippen LogP contribution >= 0.6 is 0 Å². The van der Waals surface area contributed by atoms with Crippen molar-refractivity contribution in [3.63, 3.8) is 0 Å². The Morgan fingerprint density at radius 3 is 2.82 bits per heavy atom. The number of dihydropyridines is 1. The molecule has 1 aromatic rings. The third kappa shape index (κ3) is 9.90. The molecule has 7 heteroatoms. The van der Waals surface area contributed by atoms with Gasteiger partial charge >= 0.3 is 0 Å². The number of nitrogens with one attached hydrogen (secondary N) is 1. The minimum atomic E-state index is -0.579. The Kier molecular flexibility index (Phi) is 12.8. The van der Waals surface area contributed by atoms with Crippen LogP contribution in [0.4, 0.5) is 0 Å². The van der Waals surface area contributed by atoms with Crippen molar-refractivity contribution in [1.29, 1.82) is 0 Å². The number of ether oxygens (including phenoxy) is 2. The molecule has 4 atom stereocenters. The van der Waals surface area contributed by atoms with Crippen molar-refractivity contribution in [2.45, 2.75) is 83.3 Å². The van der Waals surface area contributed by atoms with Gasteiger partial charge in [-0.2, -0.15) is 0 Å². The highest BCUT2D eigenvalue weighted by molar-refractivity contribution is 5.42. The first-order valence-electron chi connectivity index (χ1n) is 14.2. The van der Waals surface area contributed by atoms with Gasteiger partial charge < -0.3 is 35.8 Å². The molecule has 0 bridgehead atoms. The highest BCUT2D eigenvalue weighted by Crippen LogP contribution is 2.30. The van der Waals surface area contributed by atoms with Gasteiger partial charge in [0.05, 0.1) is 37.8 Å². The lowest BCUT2D eigenvalue weighted by Gasteiger charge is -2.30. The maximum absolute atomic E-state index is 11.2. The van der Waals surface area contributed by atoms with E-state index in [2.05, 4.69) is 30.2 Å². The number of nitrogens with two attached hydrogens (primary N) is 1. The summed E-state index contributed by atoms with van der Waals surface area (Å²) in [4.78, 5) is 0. The molecule has 1 heterocycles. The van der Waals surface area contributed by atoms with Crippen LogP contribution in [0, 0.1) is 23.7 Å². The molecule has 210 valence electrons. The van der Waals surface area contributed by atoms with Gasteiger partial charge in [0, 0.05) is 24.8 Å². The van der Waals surface area contributed by atoms with Crippen LogP contribution in [0.3, 0.4) is 0 Å². The molecule has 38 heavy (non-hydrogen) atoms. The molecule has 0 radical (unpaired) electrons. The fraction of sp³-hybridized carbons (Fsp3) is 0.613. The van der Waals surface area contributed by atoms with E-state index < -0.39 is 6.10 Å². The van der Waals surface area contributed by atoms with E-state index >= 15 is 0 Å². The summed E-state index contributed by atoms with van der Waals surface area (Å²) in [5.74, 6) is 8.33. The molecular formula is C31H46N2O5. The molecule has 7 nitrogen and oxygen atoms in total. The standard InChI is InChI=1S/C31H46N2O5/c1-2-23-7-3-4-11-29(38-20-18-34)26(10-5-8-23)27(35)14-12-25-13-15-28(36)30(21-25)37-19-6-9-24-16-17-33-31(32)22-24/h13,15-16,21-23,26-27,29,33-36H,2-4,6-7,9-12,14,17-20,32H2,1H3/t23-,26-,27-,29+/m1/s1. The number of phenolic OH excluding ortho intramolecular Hbond substituents is 1. The van der Waals surface area contributed by atoms with Crippen LogP contribution in [0.15, 0.2) is 41.7 Å². The van der Waals surface area contributed by atoms with Crippen LogP contribution in [-0.2, 0) is 11.2 Å². The SMILES string of the molecule is CC[C@H]1C#CC[C@H]([C@H](O)CCc2ccc(O)c(OCCCC3=CCNC(N)=C3)c2)[C@@H](OCCO)CCCC1. The topological polar surface area (TPSA) is 117 Å². The van der Waals surface area contributed by atoms with E-state index in [0.29, 0.717) is 43.4 Å². The summed E-state index contributed by atoms with van der Waals surface area (Å²) in [6.45, 7) is 3.66. The normalized spacial score (nSPS) is 22.8. The van der Waals surface area contributed by atoms with E-state index in [1.807, 2.05) is 18.2 Å². The van der Waals surface area contributed by atoms with Crippen LogP contribution in [0.1, 0.15) is 70.3 Å². The van der Waals surface area contributed by atoms with Crippen LogP contribution < -0.4 is 15.8 Å². The summed E-state index contributed by atoms with van der Waals surface area (Å²) in [7, 11) is 0. The molecule has 0 aromatic heterocycles. The van der Waals surface area contributed by atoms with E-state index in [4.69, 9.17) is 15.2 Å². The zero-order valence-electron chi connectivity index (χ0n) is 22.8. The molecule has 6 N–H and O–H groups in total. The maximum Gasteiger partial charge on any atom is 0.161 e. The third-order valence-corrected chi connectivity index (χ3v) is 7.45. The van der Waals surface area contributed by atoms with Crippen molar-refractivity contribution >= 4 is 0 Å². The first kappa shape index (κ1) is 29.9. The van der Waals surface area contributed by atoms with Crippen molar-refractivity contribution < 1.29 is 24.8 Å². The van der Waals surface area contributed by atoms with Crippen LogP contribution in [0.5, 0.6) is 11.5 Å². The fourth-order valence-corrected chi connectivity index (χ4v) is 5.18. The van der Waals surface area contributed by atoms with Crippen molar-refractivity contribution in [3.8, 4) is 23.3 Å². The molecule has 0 fully saturated rings. The van der Waals surface area contributed by atoms with Crippen molar-refractivity contribution in [2.75, 3.05) is 26.4 Å². The van der Waals surface area contributed by atoms with E-state index in [-0.39, 0.29) is 31.0 Å². The lowest BCUT2D eigenvalue weighted by Crippen LogP contribution is -2.35. The Balaban J connectivity index is 1.56. The number of phenols is 1. The summed E-state index contributed by atoms with van der Waals surface area (Å²) in [5, 5.41) is 33.9. The van der Waals surface area contributed by atoms with Gasteiger partial charge in [0.15, 0.2) is 11.5 Å². The monoisotopic (exact) mass is 526 g/mol. The number of hydrogen-bond donors (Lipinski definition) is 5. The Morgan fingerprint density at radius 1 is 1.18 bits per heavy atom. The average Bonchev–Trinajstić information content (AvgIpc) is 2.92. The number of aliphatic hydroxyl groups excluding tert-OH is 2. The van der Waals surface area contributed by atoms with Crippen molar-refractivity contribution in [1.82, 2.24) is 5.32 Å². The first-order valence-corrected chi connectivity index (χ1v) is 14.2. The molecule has 0 saturated heterocycles. The van der Waals surface area contributed by atoms with E-state index in [9.17, 15) is 15.3 Å². The molecule has 1 aromatic carbocycles. The van der Waals surface area contributed by atoms with Gasteiger partial charge in [-0.05, 0) is 74.3 Å². The molecular weight excluding hydrogens is 480 g/mol. The van der Waals surface area contributed by atoms with E-state index in [1.54, 1.807) is 6.07 Å². The minimum Gasteiger partial charge on any atom is -0.504 e. The number of aromatic hydroxyl groups is 1. The lowest BCUT2D eigenvalue weighted by atomic mass is 9.85. The molecule has 0 unspecified atom stereocenters. The predicted molar refractivity (Wildman–Crippen MR) is 150 cm³/mol. The second kappa shape index (κ2) is 16.3. The van der Waals surface area contributed by atoms with Gasteiger partial charge in [0.1, 0.15) is 0 Å². The number of aliphatic hydroxyl groups is 2. The summed E-state index contributed by atoms with van der Waals surface area (Å²) in [6.07, 6.45) is 12.0. The molecule has 3 rings (SSSR count). The summed E-state index contributed by atoms with van der Waals surface area (Å²) >= 11 is 0. The Morgan fingerprint density at radius 2 is 2.03 bits per heavy atom. The molecule has 0 spiro atoms. The van der Waals surface area contributed by atoms with Crippen molar-refractivity contribution in [3.05, 3.63) is 47.3 Å². The molecule has 1 aliphatic carbocycles. The average molecular weight is 527 g/mol. The van der Waals surface area contributed by atoms with Gasteiger partial charge in [0.2, 0.25) is 0 Å². The summed E-state index contributed by atoms with van der Waals surface area (Å²) in [5.41, 5.74) is 8.01. The van der Waals surface area contributed by atoms with Crippen LogP contribution in [0.25, 0.3) is 0 Å². The minimum absolute atomic E-state index is 0.0290. The maximum atomic E-state index is 11.2. The van der Waals surface area contributed by atoms with Crippen LogP contribution in [-0.4, -0.2) is 53.9 Å². The second-order valence-corrected chi connectivity index (χ2v) is 10.3. The quantitative estimate of drug-likeness (QED) is 0.194. The van der Waals surface area contributed by atoms with Gasteiger partial charge in [-0.1, -0.05) is 37.8 Å². The summed E-state index contributed by atoms with van der Waals surface area (Å²) in [6, 6.07) is 5.40. The Bertz CT molecular complexity index is 980. The Hall–Kier alpha value is -2.66. The third-order valence-electron chi connectivity index (χ3n) is 7.45. The largest absolute Gasteiger partial charge is 0.504 e. The van der Waals surface area contributed by atoms with Gasteiger partial charge in [-0.3, -0.25) is 0 Å². The fourth-order valence-electron chi connectivity index (χ4n) is 5.18.